The molecule has 34 heavy (non-hydrogen) atoms. The predicted molar refractivity (Wildman–Crippen MR) is 120 cm³/mol. The summed E-state index contributed by atoms with van der Waals surface area (Å²) in [6.45, 7) is 6.31. The van der Waals surface area contributed by atoms with E-state index in [9.17, 15) is 18.0 Å². The van der Waals surface area contributed by atoms with Crippen LogP contribution in [0.2, 0.25) is 0 Å². The molecule has 1 N–H and O–H groups in total. The number of hydrogen-bond donors (Lipinski definition) is 1. The summed E-state index contributed by atoms with van der Waals surface area (Å²) >= 11 is 0. The number of hydrogen-bond acceptors (Lipinski definition) is 5. The third kappa shape index (κ3) is 7.14. The minimum absolute atomic E-state index is 0.0362. The summed E-state index contributed by atoms with van der Waals surface area (Å²) in [5.41, 5.74) is 3.48. The molecule has 0 bridgehead atoms. The van der Waals surface area contributed by atoms with Gasteiger partial charge in [0.25, 0.3) is 0 Å². The lowest BCUT2D eigenvalue weighted by molar-refractivity contribution is -0.175. The molecule has 2 heterocycles. The predicted octanol–water partition coefficient (Wildman–Crippen LogP) is 4.31. The number of anilines is 1. The molecule has 1 aromatic carbocycles. The van der Waals surface area contributed by atoms with Crippen LogP contribution in [-0.4, -0.2) is 55.6 Å². The van der Waals surface area contributed by atoms with Crippen molar-refractivity contribution in [2.75, 3.05) is 31.2 Å². The SMILES string of the molecule is Cc1cc(-c2c(F)cc(N3CC(C)OC(C)C3)cc2CNC(=O)COCC(F)(F)F)cc(C)n1. The Morgan fingerprint density at radius 2 is 1.76 bits per heavy atom. The number of nitrogens with one attached hydrogen (secondary N) is 1. The Morgan fingerprint density at radius 1 is 1.15 bits per heavy atom. The number of carbonyl (C=O) groups excluding carboxylic acids is 1. The van der Waals surface area contributed by atoms with Crippen molar-refractivity contribution < 1.29 is 31.8 Å². The van der Waals surface area contributed by atoms with Gasteiger partial charge in [0.1, 0.15) is 19.0 Å². The number of aryl methyl sites for hydroxylation is 2. The summed E-state index contributed by atoms with van der Waals surface area (Å²) in [7, 11) is 0. The van der Waals surface area contributed by atoms with Crippen LogP contribution in [0.1, 0.15) is 30.8 Å². The Kier molecular flexibility index (Phi) is 8.14. The smallest absolute Gasteiger partial charge is 0.372 e. The van der Waals surface area contributed by atoms with Gasteiger partial charge in [-0.2, -0.15) is 13.2 Å². The second-order valence-corrected chi connectivity index (χ2v) is 8.65. The molecule has 6 nitrogen and oxygen atoms in total. The molecule has 1 amide bonds. The van der Waals surface area contributed by atoms with Gasteiger partial charge in [-0.3, -0.25) is 9.78 Å². The number of ether oxygens (including phenoxy) is 2. The van der Waals surface area contributed by atoms with Crippen LogP contribution in [0.4, 0.5) is 23.2 Å². The Balaban J connectivity index is 1.90. The van der Waals surface area contributed by atoms with E-state index >= 15 is 4.39 Å². The molecule has 2 atom stereocenters. The zero-order valence-electron chi connectivity index (χ0n) is 19.6. The fourth-order valence-corrected chi connectivity index (χ4v) is 4.16. The fraction of sp³-hybridized carbons (Fsp3) is 0.500. The van der Waals surface area contributed by atoms with Gasteiger partial charge in [0.2, 0.25) is 5.91 Å². The molecule has 1 aliphatic rings. The lowest BCUT2D eigenvalue weighted by Crippen LogP contribution is -2.45. The summed E-state index contributed by atoms with van der Waals surface area (Å²) in [6.07, 6.45) is -4.59. The van der Waals surface area contributed by atoms with Crippen LogP contribution in [0.3, 0.4) is 0 Å². The molecular formula is C24H29F4N3O3. The van der Waals surface area contributed by atoms with Crippen LogP contribution >= 0.6 is 0 Å². The molecule has 1 saturated heterocycles. The number of rotatable bonds is 7. The lowest BCUT2D eigenvalue weighted by Gasteiger charge is -2.37. The molecule has 1 aromatic heterocycles. The average Bonchev–Trinajstić information content (AvgIpc) is 2.69. The number of benzene rings is 1. The van der Waals surface area contributed by atoms with Crippen LogP contribution in [-0.2, 0) is 20.8 Å². The second-order valence-electron chi connectivity index (χ2n) is 8.65. The van der Waals surface area contributed by atoms with Gasteiger partial charge in [-0.15, -0.1) is 0 Å². The topological polar surface area (TPSA) is 63.7 Å². The molecule has 1 fully saturated rings. The third-order valence-electron chi connectivity index (χ3n) is 5.29. The summed E-state index contributed by atoms with van der Waals surface area (Å²) in [5, 5.41) is 2.54. The van der Waals surface area contributed by atoms with Crippen LogP contribution in [0, 0.1) is 19.7 Å². The maximum atomic E-state index is 15.5. The summed E-state index contributed by atoms with van der Waals surface area (Å²) in [5.74, 6) is -1.19. The number of alkyl halides is 3. The quantitative estimate of drug-likeness (QED) is 0.595. The first-order chi connectivity index (χ1) is 15.9. The van der Waals surface area contributed by atoms with Gasteiger partial charge in [0, 0.05) is 42.3 Å². The molecule has 2 aromatic rings. The van der Waals surface area contributed by atoms with Gasteiger partial charge < -0.3 is 19.7 Å². The molecule has 186 valence electrons. The van der Waals surface area contributed by atoms with Crippen molar-refractivity contribution in [3.8, 4) is 11.1 Å². The number of carbonyl (C=O) groups is 1. The molecule has 0 aliphatic carbocycles. The number of halogens is 4. The van der Waals surface area contributed by atoms with Crippen molar-refractivity contribution in [2.45, 2.75) is 52.6 Å². The first kappa shape index (κ1) is 25.9. The molecule has 1 aliphatic heterocycles. The second kappa shape index (κ2) is 10.7. The van der Waals surface area contributed by atoms with Gasteiger partial charge >= 0.3 is 6.18 Å². The number of nitrogens with zero attached hydrogens (tertiary/aromatic N) is 2. The first-order valence-electron chi connectivity index (χ1n) is 11.0. The van der Waals surface area contributed by atoms with Gasteiger partial charge in [0.05, 0.1) is 12.2 Å². The van der Waals surface area contributed by atoms with Gasteiger partial charge in [0.15, 0.2) is 0 Å². The molecule has 10 heteroatoms. The first-order valence-corrected chi connectivity index (χ1v) is 11.0. The van der Waals surface area contributed by atoms with Gasteiger partial charge in [-0.1, -0.05) is 0 Å². The Morgan fingerprint density at radius 3 is 2.35 bits per heavy atom. The average molecular weight is 484 g/mol. The van der Waals surface area contributed by atoms with Crippen LogP contribution in [0.25, 0.3) is 11.1 Å². The van der Waals surface area contributed by atoms with Crippen molar-refractivity contribution in [3.63, 3.8) is 0 Å². The van der Waals surface area contributed by atoms with E-state index in [1.165, 1.54) is 6.07 Å². The van der Waals surface area contributed by atoms with Crippen molar-refractivity contribution in [3.05, 3.63) is 47.0 Å². The molecule has 2 unspecified atom stereocenters. The standard InChI is InChI=1S/C24H29F4N3O3/c1-14-5-18(6-15(2)30-14)23-19(9-29-22(32)12-33-13-24(26,27)28)7-20(8-21(23)25)31-10-16(3)34-17(4)11-31/h5-8,16-17H,9-13H2,1-4H3,(H,29,32). The van der Waals surface area contributed by atoms with Gasteiger partial charge in [-0.05, 0) is 63.1 Å². The van der Waals surface area contributed by atoms with E-state index in [-0.39, 0.29) is 18.8 Å². The minimum Gasteiger partial charge on any atom is -0.372 e. The Hall–Kier alpha value is -2.72. The summed E-state index contributed by atoms with van der Waals surface area (Å²) in [6, 6.07) is 6.76. The molecule has 0 saturated carbocycles. The summed E-state index contributed by atoms with van der Waals surface area (Å²) in [4.78, 5) is 18.4. The fourth-order valence-electron chi connectivity index (χ4n) is 4.16. The Labute approximate surface area is 196 Å². The highest BCUT2D eigenvalue weighted by molar-refractivity contribution is 5.78. The minimum atomic E-state index is -4.52. The lowest BCUT2D eigenvalue weighted by atomic mass is 9.97. The maximum absolute atomic E-state index is 15.5. The number of morpholine rings is 1. The van der Waals surface area contributed by atoms with Crippen LogP contribution in [0.5, 0.6) is 0 Å². The molecule has 0 spiro atoms. The van der Waals surface area contributed by atoms with Crippen LogP contribution in [0.15, 0.2) is 24.3 Å². The molecule has 3 rings (SSSR count). The zero-order chi connectivity index (χ0) is 25.0. The molecule has 0 radical (unpaired) electrons. The number of pyridine rings is 1. The summed E-state index contributed by atoms with van der Waals surface area (Å²) < 4.78 is 62.5. The highest BCUT2D eigenvalue weighted by Gasteiger charge is 2.28. The highest BCUT2D eigenvalue weighted by Crippen LogP contribution is 2.33. The third-order valence-corrected chi connectivity index (χ3v) is 5.29. The van der Waals surface area contributed by atoms with E-state index < -0.39 is 31.1 Å². The van der Waals surface area contributed by atoms with E-state index in [1.807, 2.05) is 18.7 Å². The highest BCUT2D eigenvalue weighted by atomic mass is 19.4. The van der Waals surface area contributed by atoms with Crippen molar-refractivity contribution >= 4 is 11.6 Å². The van der Waals surface area contributed by atoms with Gasteiger partial charge in [-0.25, -0.2) is 4.39 Å². The zero-order valence-corrected chi connectivity index (χ0v) is 19.6. The monoisotopic (exact) mass is 483 g/mol. The van der Waals surface area contributed by atoms with E-state index in [0.29, 0.717) is 46.9 Å². The van der Waals surface area contributed by atoms with Crippen molar-refractivity contribution in [1.29, 1.82) is 0 Å². The normalized spacial score (nSPS) is 18.8. The number of aromatic nitrogens is 1. The van der Waals surface area contributed by atoms with E-state index in [1.54, 1.807) is 32.0 Å². The molecular weight excluding hydrogens is 454 g/mol. The number of amides is 1. The van der Waals surface area contributed by atoms with Crippen molar-refractivity contribution in [2.24, 2.45) is 0 Å². The maximum Gasteiger partial charge on any atom is 0.411 e. The van der Waals surface area contributed by atoms with E-state index in [0.717, 1.165) is 0 Å². The van der Waals surface area contributed by atoms with Crippen molar-refractivity contribution in [1.82, 2.24) is 10.3 Å². The largest absolute Gasteiger partial charge is 0.411 e. The van der Waals surface area contributed by atoms with Crippen LogP contribution < -0.4 is 10.2 Å². The van der Waals surface area contributed by atoms with E-state index in [4.69, 9.17) is 4.74 Å². The Bertz CT molecular complexity index is 999. The van der Waals surface area contributed by atoms with E-state index in [2.05, 4.69) is 15.0 Å².